The van der Waals surface area contributed by atoms with Gasteiger partial charge in [-0.3, -0.25) is 9.59 Å². The first kappa shape index (κ1) is 16.6. The van der Waals surface area contributed by atoms with E-state index in [0.717, 1.165) is 5.56 Å². The normalized spacial score (nSPS) is 24.2. The Morgan fingerprint density at radius 2 is 1.88 bits per heavy atom. The SMILES string of the molecule is O=C(c1ccccc1F)N1C[C@H]2COc3ccccc3C[C@@]2(C(=O)O)C1. The van der Waals surface area contributed by atoms with Crippen LogP contribution in [0.25, 0.3) is 0 Å². The Bertz CT molecular complexity index is 884. The van der Waals surface area contributed by atoms with Crippen LogP contribution < -0.4 is 4.74 Å². The molecule has 2 atom stereocenters. The number of carbonyl (C=O) groups is 2. The van der Waals surface area contributed by atoms with E-state index in [4.69, 9.17) is 4.74 Å². The zero-order valence-electron chi connectivity index (χ0n) is 14.0. The van der Waals surface area contributed by atoms with E-state index >= 15 is 0 Å². The van der Waals surface area contributed by atoms with Gasteiger partial charge in [-0.25, -0.2) is 4.39 Å². The number of hydrogen-bond donors (Lipinski definition) is 1. The summed E-state index contributed by atoms with van der Waals surface area (Å²) < 4.78 is 19.8. The summed E-state index contributed by atoms with van der Waals surface area (Å²) in [5.41, 5.74) is -0.350. The molecule has 134 valence electrons. The van der Waals surface area contributed by atoms with Crippen molar-refractivity contribution in [2.45, 2.75) is 6.42 Å². The lowest BCUT2D eigenvalue weighted by molar-refractivity contribution is -0.150. The zero-order valence-corrected chi connectivity index (χ0v) is 14.0. The molecule has 2 aliphatic rings. The maximum Gasteiger partial charge on any atom is 0.312 e. The van der Waals surface area contributed by atoms with Crippen molar-refractivity contribution in [3.8, 4) is 5.75 Å². The second-order valence-corrected chi connectivity index (χ2v) is 6.92. The molecule has 6 heteroatoms. The van der Waals surface area contributed by atoms with Crippen molar-refractivity contribution >= 4 is 11.9 Å². The number of carbonyl (C=O) groups excluding carboxylic acids is 1. The standard InChI is InChI=1S/C20H18FNO4/c21-16-7-3-2-6-15(16)18(23)22-10-14-11-26-17-8-4-1-5-13(17)9-20(14,12-22)19(24)25/h1-8,14H,9-12H2,(H,24,25)/t14-,20+/m0/s1. The van der Waals surface area contributed by atoms with Crippen LogP contribution in [0.2, 0.25) is 0 Å². The van der Waals surface area contributed by atoms with Gasteiger partial charge in [0.15, 0.2) is 0 Å². The molecular weight excluding hydrogens is 337 g/mol. The molecular formula is C20H18FNO4. The van der Waals surface area contributed by atoms with Crippen molar-refractivity contribution in [2.24, 2.45) is 11.3 Å². The molecule has 2 aromatic rings. The van der Waals surface area contributed by atoms with Crippen LogP contribution in [0.3, 0.4) is 0 Å². The van der Waals surface area contributed by atoms with E-state index in [1.165, 1.54) is 23.1 Å². The van der Waals surface area contributed by atoms with Gasteiger partial charge in [0.25, 0.3) is 5.91 Å². The molecule has 0 aromatic heterocycles. The van der Waals surface area contributed by atoms with Crippen molar-refractivity contribution in [1.29, 1.82) is 0 Å². The molecule has 4 rings (SSSR count). The second-order valence-electron chi connectivity index (χ2n) is 6.92. The number of rotatable bonds is 2. The second kappa shape index (κ2) is 6.12. The van der Waals surface area contributed by atoms with Gasteiger partial charge >= 0.3 is 5.97 Å². The van der Waals surface area contributed by atoms with Gasteiger partial charge in [-0.2, -0.15) is 0 Å². The van der Waals surface area contributed by atoms with Crippen LogP contribution in [0.4, 0.5) is 4.39 Å². The smallest absolute Gasteiger partial charge is 0.312 e. The van der Waals surface area contributed by atoms with Gasteiger partial charge < -0.3 is 14.7 Å². The number of para-hydroxylation sites is 1. The van der Waals surface area contributed by atoms with E-state index in [1.54, 1.807) is 6.07 Å². The first-order valence-electron chi connectivity index (χ1n) is 8.49. The lowest BCUT2D eigenvalue weighted by atomic mass is 9.74. The Hall–Kier alpha value is -2.89. The molecule has 0 saturated carbocycles. The van der Waals surface area contributed by atoms with Crippen molar-refractivity contribution in [3.63, 3.8) is 0 Å². The number of carboxylic acid groups (broad SMARTS) is 1. The number of halogens is 1. The van der Waals surface area contributed by atoms with Crippen LogP contribution in [-0.2, 0) is 11.2 Å². The predicted molar refractivity (Wildman–Crippen MR) is 91.5 cm³/mol. The fourth-order valence-electron chi connectivity index (χ4n) is 3.99. The third-order valence-electron chi connectivity index (χ3n) is 5.43. The van der Waals surface area contributed by atoms with Crippen molar-refractivity contribution in [2.75, 3.05) is 19.7 Å². The van der Waals surface area contributed by atoms with Gasteiger partial charge in [-0.05, 0) is 30.2 Å². The lowest BCUT2D eigenvalue weighted by Gasteiger charge is -2.27. The van der Waals surface area contributed by atoms with E-state index < -0.39 is 23.1 Å². The molecule has 1 fully saturated rings. The van der Waals surface area contributed by atoms with Gasteiger partial charge in [0.1, 0.15) is 11.6 Å². The van der Waals surface area contributed by atoms with Crippen molar-refractivity contribution in [3.05, 3.63) is 65.5 Å². The first-order chi connectivity index (χ1) is 12.5. The number of aliphatic carboxylic acids is 1. The Kier molecular flexibility index (Phi) is 3.90. The summed E-state index contributed by atoms with van der Waals surface area (Å²) in [5, 5.41) is 10.0. The van der Waals surface area contributed by atoms with E-state index in [9.17, 15) is 19.1 Å². The first-order valence-corrected chi connectivity index (χ1v) is 8.49. The molecule has 1 amide bonds. The van der Waals surface area contributed by atoms with Gasteiger partial charge in [-0.15, -0.1) is 0 Å². The largest absolute Gasteiger partial charge is 0.493 e. The summed E-state index contributed by atoms with van der Waals surface area (Å²) in [6.45, 7) is 0.482. The summed E-state index contributed by atoms with van der Waals surface area (Å²) in [4.78, 5) is 26.4. The van der Waals surface area contributed by atoms with Crippen LogP contribution in [0.15, 0.2) is 48.5 Å². The summed E-state index contributed by atoms with van der Waals surface area (Å²) >= 11 is 0. The predicted octanol–water partition coefficient (Wildman–Crippen LogP) is 2.60. The van der Waals surface area contributed by atoms with Gasteiger partial charge in [0, 0.05) is 19.0 Å². The molecule has 0 radical (unpaired) electrons. The molecule has 1 N–H and O–H groups in total. The van der Waals surface area contributed by atoms with E-state index in [-0.39, 0.29) is 37.6 Å². The van der Waals surface area contributed by atoms with Crippen molar-refractivity contribution in [1.82, 2.24) is 4.90 Å². The fraction of sp³-hybridized carbons (Fsp3) is 0.300. The zero-order chi connectivity index (χ0) is 18.3. The summed E-state index contributed by atoms with van der Waals surface area (Å²) in [7, 11) is 0. The topological polar surface area (TPSA) is 66.8 Å². The maximum atomic E-state index is 14.0. The Morgan fingerprint density at radius 1 is 1.15 bits per heavy atom. The van der Waals surface area contributed by atoms with Crippen LogP contribution in [0.5, 0.6) is 5.75 Å². The van der Waals surface area contributed by atoms with Crippen LogP contribution >= 0.6 is 0 Å². The summed E-state index contributed by atoms with van der Waals surface area (Å²) in [6.07, 6.45) is 0.282. The van der Waals surface area contributed by atoms with Gasteiger partial charge in [0.2, 0.25) is 0 Å². The number of benzene rings is 2. The highest BCUT2D eigenvalue weighted by Crippen LogP contribution is 2.44. The number of carboxylic acids is 1. The van der Waals surface area contributed by atoms with Crippen LogP contribution in [-0.4, -0.2) is 41.6 Å². The molecule has 1 saturated heterocycles. The highest BCUT2D eigenvalue weighted by Gasteiger charge is 2.55. The third-order valence-corrected chi connectivity index (χ3v) is 5.43. The minimum absolute atomic E-state index is 0.0363. The van der Waals surface area contributed by atoms with Crippen molar-refractivity contribution < 1.29 is 23.8 Å². The van der Waals surface area contributed by atoms with E-state index in [2.05, 4.69) is 0 Å². The highest BCUT2D eigenvalue weighted by atomic mass is 19.1. The Labute approximate surface area is 150 Å². The van der Waals surface area contributed by atoms with E-state index in [0.29, 0.717) is 5.75 Å². The molecule has 26 heavy (non-hydrogen) atoms. The molecule has 2 aromatic carbocycles. The fourth-order valence-corrected chi connectivity index (χ4v) is 3.99. The summed E-state index contributed by atoms with van der Waals surface area (Å²) in [6, 6.07) is 13.1. The molecule has 0 unspecified atom stereocenters. The van der Waals surface area contributed by atoms with Gasteiger partial charge in [0.05, 0.1) is 17.6 Å². The molecule has 0 spiro atoms. The average molecular weight is 355 g/mol. The maximum absolute atomic E-state index is 14.0. The molecule has 0 aliphatic carbocycles. The Morgan fingerprint density at radius 3 is 2.65 bits per heavy atom. The minimum atomic E-state index is -1.13. The number of likely N-dealkylation sites (tertiary alicyclic amines) is 1. The average Bonchev–Trinajstić information content (AvgIpc) is 2.93. The molecule has 0 bridgehead atoms. The molecule has 5 nitrogen and oxygen atoms in total. The number of fused-ring (bicyclic) bond motifs is 2. The highest BCUT2D eigenvalue weighted by molar-refractivity contribution is 5.95. The Balaban J connectivity index is 1.68. The van der Waals surface area contributed by atoms with Crippen LogP contribution in [0, 0.1) is 17.2 Å². The molecule has 2 aliphatic heterocycles. The number of nitrogens with zero attached hydrogens (tertiary/aromatic N) is 1. The minimum Gasteiger partial charge on any atom is -0.493 e. The summed E-state index contributed by atoms with van der Waals surface area (Å²) in [5.74, 6) is -1.70. The third kappa shape index (κ3) is 2.53. The number of hydrogen-bond acceptors (Lipinski definition) is 3. The lowest BCUT2D eigenvalue weighted by Crippen LogP contribution is -2.42. The van der Waals surface area contributed by atoms with Gasteiger partial charge in [-0.1, -0.05) is 30.3 Å². The monoisotopic (exact) mass is 355 g/mol. The van der Waals surface area contributed by atoms with E-state index in [1.807, 2.05) is 24.3 Å². The quantitative estimate of drug-likeness (QED) is 0.899. The number of amides is 1. The van der Waals surface area contributed by atoms with Crippen LogP contribution in [0.1, 0.15) is 15.9 Å². The molecule has 2 heterocycles. The number of ether oxygens (including phenoxy) is 1.